The van der Waals surface area contributed by atoms with Gasteiger partial charge in [-0.25, -0.2) is 4.39 Å². The van der Waals surface area contributed by atoms with Crippen molar-refractivity contribution in [3.05, 3.63) is 62.8 Å². The molecule has 0 saturated carbocycles. The fourth-order valence-corrected chi connectivity index (χ4v) is 3.51. The Kier molecular flexibility index (Phi) is 5.45. The van der Waals surface area contributed by atoms with Gasteiger partial charge in [0, 0.05) is 20.7 Å². The highest BCUT2D eigenvalue weighted by Crippen LogP contribution is 2.32. The number of rotatable bonds is 4. The molecule has 1 atom stereocenters. The molecule has 0 amide bonds. The molecule has 19 heavy (non-hydrogen) atoms. The average Bonchev–Trinajstić information content (AvgIpc) is 2.40. The maximum absolute atomic E-state index is 13.8. The van der Waals surface area contributed by atoms with Crippen LogP contribution in [0.15, 0.2) is 56.3 Å². The van der Waals surface area contributed by atoms with Gasteiger partial charge in [-0.2, -0.15) is 0 Å². The molecule has 1 N–H and O–H groups in total. The summed E-state index contributed by atoms with van der Waals surface area (Å²) in [5, 5.41) is 10.1. The molecule has 2 rings (SSSR count). The molecule has 0 heterocycles. The Morgan fingerprint density at radius 1 is 1.05 bits per heavy atom. The first-order valence-corrected chi connectivity index (χ1v) is 8.16. The van der Waals surface area contributed by atoms with Gasteiger partial charge in [0.15, 0.2) is 0 Å². The molecular formula is C14H11Br2FOS. The summed E-state index contributed by atoms with van der Waals surface area (Å²) in [5.74, 6) is -0.00146. The normalized spacial score (nSPS) is 12.4. The van der Waals surface area contributed by atoms with E-state index in [-0.39, 0.29) is 0 Å². The Balaban J connectivity index is 2.08. The van der Waals surface area contributed by atoms with Crippen molar-refractivity contribution in [2.45, 2.75) is 11.0 Å². The standard InChI is InChI=1S/C14H11Br2FOS/c15-10-5-1-2-7-13(10)19-8-12(18)9-4-3-6-11(16)14(9)17/h1-7,12,18H,8H2. The molecule has 0 aliphatic heterocycles. The van der Waals surface area contributed by atoms with Crippen LogP contribution >= 0.6 is 43.6 Å². The Morgan fingerprint density at radius 3 is 2.47 bits per heavy atom. The smallest absolute Gasteiger partial charge is 0.143 e. The third-order valence-electron chi connectivity index (χ3n) is 2.57. The lowest BCUT2D eigenvalue weighted by atomic mass is 10.1. The van der Waals surface area contributed by atoms with Crippen LogP contribution in [0.5, 0.6) is 0 Å². The van der Waals surface area contributed by atoms with Crippen LogP contribution in [0, 0.1) is 5.82 Å². The van der Waals surface area contributed by atoms with Gasteiger partial charge in [-0.05, 0) is 50.1 Å². The Hall–Kier alpha value is -0.360. The molecule has 2 aromatic carbocycles. The van der Waals surface area contributed by atoms with Crippen molar-refractivity contribution < 1.29 is 9.50 Å². The number of aliphatic hydroxyl groups excluding tert-OH is 1. The van der Waals surface area contributed by atoms with E-state index in [1.807, 2.05) is 24.3 Å². The quantitative estimate of drug-likeness (QED) is 0.707. The minimum Gasteiger partial charge on any atom is -0.387 e. The second-order valence-electron chi connectivity index (χ2n) is 3.90. The molecule has 0 saturated heterocycles. The van der Waals surface area contributed by atoms with E-state index >= 15 is 0 Å². The van der Waals surface area contributed by atoms with Gasteiger partial charge in [0.05, 0.1) is 10.6 Å². The van der Waals surface area contributed by atoms with Gasteiger partial charge in [-0.15, -0.1) is 11.8 Å². The van der Waals surface area contributed by atoms with Crippen molar-refractivity contribution in [1.82, 2.24) is 0 Å². The molecule has 0 aromatic heterocycles. The summed E-state index contributed by atoms with van der Waals surface area (Å²) in [4.78, 5) is 1.02. The molecule has 2 aromatic rings. The monoisotopic (exact) mass is 404 g/mol. The topological polar surface area (TPSA) is 20.2 Å². The molecule has 0 fully saturated rings. The summed E-state index contributed by atoms with van der Waals surface area (Å²) in [5.41, 5.74) is 0.314. The van der Waals surface area contributed by atoms with E-state index in [9.17, 15) is 9.50 Å². The number of hydrogen-bond acceptors (Lipinski definition) is 2. The molecule has 0 bridgehead atoms. The van der Waals surface area contributed by atoms with Gasteiger partial charge in [0.2, 0.25) is 0 Å². The van der Waals surface area contributed by atoms with E-state index in [0.717, 1.165) is 9.37 Å². The van der Waals surface area contributed by atoms with Crippen molar-refractivity contribution in [3.8, 4) is 0 Å². The predicted molar refractivity (Wildman–Crippen MR) is 83.9 cm³/mol. The lowest BCUT2D eigenvalue weighted by Crippen LogP contribution is -2.04. The molecular weight excluding hydrogens is 395 g/mol. The van der Waals surface area contributed by atoms with Gasteiger partial charge >= 0.3 is 0 Å². The molecule has 0 radical (unpaired) electrons. The second-order valence-corrected chi connectivity index (χ2v) is 6.67. The maximum Gasteiger partial charge on any atom is 0.143 e. The van der Waals surface area contributed by atoms with E-state index in [1.54, 1.807) is 18.2 Å². The minimum atomic E-state index is -0.838. The molecule has 100 valence electrons. The van der Waals surface area contributed by atoms with Crippen LogP contribution in [0.4, 0.5) is 4.39 Å². The highest BCUT2D eigenvalue weighted by molar-refractivity contribution is 9.10. The number of halogens is 3. The number of aliphatic hydroxyl groups is 1. The average molecular weight is 406 g/mol. The van der Waals surface area contributed by atoms with Gasteiger partial charge in [-0.3, -0.25) is 0 Å². The van der Waals surface area contributed by atoms with Crippen LogP contribution in [-0.2, 0) is 0 Å². The Labute approximate surface area is 132 Å². The maximum atomic E-state index is 13.8. The highest BCUT2D eigenvalue weighted by Gasteiger charge is 2.15. The summed E-state index contributed by atoms with van der Waals surface area (Å²) >= 11 is 8.05. The zero-order valence-electron chi connectivity index (χ0n) is 9.82. The molecule has 0 aliphatic rings. The van der Waals surface area contributed by atoms with Crippen molar-refractivity contribution in [1.29, 1.82) is 0 Å². The van der Waals surface area contributed by atoms with Crippen LogP contribution in [0.25, 0.3) is 0 Å². The van der Waals surface area contributed by atoms with Crippen LogP contribution in [-0.4, -0.2) is 10.9 Å². The molecule has 0 spiro atoms. The van der Waals surface area contributed by atoms with E-state index in [2.05, 4.69) is 31.9 Å². The largest absolute Gasteiger partial charge is 0.387 e. The lowest BCUT2D eigenvalue weighted by Gasteiger charge is -2.13. The lowest BCUT2D eigenvalue weighted by molar-refractivity contribution is 0.198. The van der Waals surface area contributed by atoms with Gasteiger partial charge < -0.3 is 5.11 Å². The molecule has 1 nitrogen and oxygen atoms in total. The second kappa shape index (κ2) is 6.88. The van der Waals surface area contributed by atoms with Gasteiger partial charge in [-0.1, -0.05) is 24.3 Å². The number of thioether (sulfide) groups is 1. The molecule has 0 aliphatic carbocycles. The zero-order valence-corrected chi connectivity index (χ0v) is 13.8. The third kappa shape index (κ3) is 3.81. The Bertz CT molecular complexity index is 577. The van der Waals surface area contributed by atoms with E-state index in [0.29, 0.717) is 15.8 Å². The van der Waals surface area contributed by atoms with Crippen molar-refractivity contribution >= 4 is 43.6 Å². The van der Waals surface area contributed by atoms with E-state index < -0.39 is 11.9 Å². The van der Waals surface area contributed by atoms with Crippen LogP contribution in [0.3, 0.4) is 0 Å². The summed E-state index contributed by atoms with van der Waals surface area (Å²) in [7, 11) is 0. The van der Waals surface area contributed by atoms with Crippen LogP contribution in [0.2, 0.25) is 0 Å². The fourth-order valence-electron chi connectivity index (χ4n) is 1.60. The van der Waals surface area contributed by atoms with E-state index in [4.69, 9.17) is 0 Å². The minimum absolute atomic E-state index is 0.314. The van der Waals surface area contributed by atoms with Crippen LogP contribution < -0.4 is 0 Å². The fraction of sp³-hybridized carbons (Fsp3) is 0.143. The summed E-state index contributed by atoms with van der Waals surface area (Å²) < 4.78 is 15.2. The first-order valence-electron chi connectivity index (χ1n) is 5.59. The number of benzene rings is 2. The first kappa shape index (κ1) is 15.0. The van der Waals surface area contributed by atoms with Gasteiger partial charge in [0.1, 0.15) is 5.82 Å². The number of hydrogen-bond donors (Lipinski definition) is 1. The summed E-state index contributed by atoms with van der Waals surface area (Å²) in [6, 6.07) is 12.7. The SMILES string of the molecule is OC(CSc1ccccc1Br)c1cccc(Br)c1F. The third-order valence-corrected chi connectivity index (χ3v) is 5.29. The van der Waals surface area contributed by atoms with Crippen molar-refractivity contribution in [2.24, 2.45) is 0 Å². The highest BCUT2D eigenvalue weighted by atomic mass is 79.9. The van der Waals surface area contributed by atoms with Crippen molar-refractivity contribution in [3.63, 3.8) is 0 Å². The summed E-state index contributed by atoms with van der Waals surface area (Å²) in [6.45, 7) is 0. The van der Waals surface area contributed by atoms with Crippen LogP contribution in [0.1, 0.15) is 11.7 Å². The van der Waals surface area contributed by atoms with Gasteiger partial charge in [0.25, 0.3) is 0 Å². The van der Waals surface area contributed by atoms with Crippen molar-refractivity contribution in [2.75, 3.05) is 5.75 Å². The zero-order chi connectivity index (χ0) is 13.8. The first-order chi connectivity index (χ1) is 9.09. The summed E-state index contributed by atoms with van der Waals surface area (Å²) in [6.07, 6.45) is -0.838. The molecule has 1 unspecified atom stereocenters. The molecule has 5 heteroatoms. The van der Waals surface area contributed by atoms with E-state index in [1.165, 1.54) is 11.8 Å². The Morgan fingerprint density at radius 2 is 1.74 bits per heavy atom. The predicted octanol–water partition coefficient (Wildman–Crippen LogP) is 5.18.